The molecule has 0 aliphatic heterocycles. The molecular formula is C21H17ClN4O2. The number of nitrogens with one attached hydrogen (secondary N) is 1. The van der Waals surface area contributed by atoms with E-state index in [1.807, 2.05) is 24.3 Å². The molecule has 6 nitrogen and oxygen atoms in total. The number of aromatic nitrogens is 3. The highest BCUT2D eigenvalue weighted by molar-refractivity contribution is 6.30. The maximum Gasteiger partial charge on any atom is 0.253 e. The first-order chi connectivity index (χ1) is 13.7. The summed E-state index contributed by atoms with van der Waals surface area (Å²) in [5.41, 5.74) is 4.16. The fourth-order valence-electron chi connectivity index (χ4n) is 3.00. The zero-order valence-electron chi connectivity index (χ0n) is 14.8. The molecule has 4 aromatic rings. The molecule has 0 aliphatic rings. The lowest BCUT2D eigenvalue weighted by atomic mass is 10.1. The second-order valence-corrected chi connectivity index (χ2v) is 6.70. The average molecular weight is 393 g/mol. The third kappa shape index (κ3) is 3.60. The summed E-state index contributed by atoms with van der Waals surface area (Å²) in [4.78, 5) is 21.2. The molecule has 3 heterocycles. The molecule has 0 bridgehead atoms. The van der Waals surface area contributed by atoms with Crippen LogP contribution in [0.3, 0.4) is 0 Å². The van der Waals surface area contributed by atoms with Gasteiger partial charge in [0.05, 0.1) is 23.6 Å². The molecule has 28 heavy (non-hydrogen) atoms. The van der Waals surface area contributed by atoms with Crippen molar-refractivity contribution < 1.29 is 9.90 Å². The van der Waals surface area contributed by atoms with Gasteiger partial charge in [0.2, 0.25) is 0 Å². The van der Waals surface area contributed by atoms with E-state index in [4.69, 9.17) is 11.6 Å². The van der Waals surface area contributed by atoms with Crippen molar-refractivity contribution in [2.24, 2.45) is 0 Å². The maximum absolute atomic E-state index is 12.5. The molecule has 0 radical (unpaired) electrons. The Morgan fingerprint density at radius 2 is 1.96 bits per heavy atom. The molecule has 140 valence electrons. The van der Waals surface area contributed by atoms with Crippen molar-refractivity contribution in [3.63, 3.8) is 0 Å². The van der Waals surface area contributed by atoms with Crippen LogP contribution in [0.1, 0.15) is 21.6 Å². The molecule has 0 spiro atoms. The van der Waals surface area contributed by atoms with Gasteiger partial charge in [-0.1, -0.05) is 29.8 Å². The fraction of sp³-hybridized carbons (Fsp3) is 0.0952. The number of rotatable bonds is 5. The van der Waals surface area contributed by atoms with Gasteiger partial charge in [0.1, 0.15) is 5.65 Å². The van der Waals surface area contributed by atoms with Crippen molar-refractivity contribution in [1.82, 2.24) is 19.7 Å². The second-order valence-electron chi connectivity index (χ2n) is 6.26. The van der Waals surface area contributed by atoms with Crippen LogP contribution in [0.2, 0.25) is 5.02 Å². The number of halogens is 1. The first-order valence-corrected chi connectivity index (χ1v) is 9.08. The Labute approximate surface area is 166 Å². The number of aliphatic hydroxyl groups is 1. The first kappa shape index (κ1) is 18.2. The van der Waals surface area contributed by atoms with E-state index in [-0.39, 0.29) is 12.5 Å². The molecule has 0 saturated heterocycles. The van der Waals surface area contributed by atoms with E-state index in [0.29, 0.717) is 34.2 Å². The number of hydrogen-bond donors (Lipinski definition) is 2. The Morgan fingerprint density at radius 1 is 1.14 bits per heavy atom. The predicted octanol–water partition coefficient (Wildman–Crippen LogP) is 3.47. The molecule has 3 aromatic heterocycles. The van der Waals surface area contributed by atoms with E-state index >= 15 is 0 Å². The zero-order valence-corrected chi connectivity index (χ0v) is 15.6. The summed E-state index contributed by atoms with van der Waals surface area (Å²) in [6.45, 7) is 0.178. The van der Waals surface area contributed by atoms with Gasteiger partial charge in [0.15, 0.2) is 0 Å². The third-order valence-corrected chi connectivity index (χ3v) is 4.67. The van der Waals surface area contributed by atoms with Crippen LogP contribution >= 0.6 is 11.6 Å². The highest BCUT2D eigenvalue weighted by atomic mass is 35.5. The molecule has 0 fully saturated rings. The molecule has 0 unspecified atom stereocenters. The van der Waals surface area contributed by atoms with E-state index in [1.54, 1.807) is 47.3 Å². The number of benzene rings is 1. The lowest BCUT2D eigenvalue weighted by Gasteiger charge is -2.07. The maximum atomic E-state index is 12.5. The minimum Gasteiger partial charge on any atom is -0.390 e. The summed E-state index contributed by atoms with van der Waals surface area (Å²) in [7, 11) is 0. The highest BCUT2D eigenvalue weighted by Gasteiger charge is 2.15. The molecule has 0 saturated carbocycles. The molecular weight excluding hydrogens is 376 g/mol. The topological polar surface area (TPSA) is 79.5 Å². The third-order valence-electron chi connectivity index (χ3n) is 4.42. The van der Waals surface area contributed by atoms with Crippen molar-refractivity contribution in [1.29, 1.82) is 0 Å². The molecule has 7 heteroatoms. The van der Waals surface area contributed by atoms with Crippen molar-refractivity contribution in [3.8, 4) is 11.3 Å². The monoisotopic (exact) mass is 392 g/mol. The highest BCUT2D eigenvalue weighted by Crippen LogP contribution is 2.26. The van der Waals surface area contributed by atoms with Crippen LogP contribution in [0.25, 0.3) is 16.9 Å². The Morgan fingerprint density at radius 3 is 2.68 bits per heavy atom. The van der Waals surface area contributed by atoms with E-state index in [1.165, 1.54) is 0 Å². The smallest absolute Gasteiger partial charge is 0.253 e. The quantitative estimate of drug-likeness (QED) is 0.545. The molecule has 4 rings (SSSR count). The van der Waals surface area contributed by atoms with E-state index < -0.39 is 0 Å². The van der Waals surface area contributed by atoms with Gasteiger partial charge < -0.3 is 14.8 Å². The van der Waals surface area contributed by atoms with E-state index in [0.717, 1.165) is 11.1 Å². The number of nitrogens with zero attached hydrogens (tertiary/aromatic N) is 3. The molecule has 1 amide bonds. The second kappa shape index (κ2) is 7.80. The zero-order chi connectivity index (χ0) is 19.5. The predicted molar refractivity (Wildman–Crippen MR) is 107 cm³/mol. The van der Waals surface area contributed by atoms with Crippen LogP contribution in [-0.2, 0) is 13.2 Å². The Bertz CT molecular complexity index is 1120. The number of fused-ring (bicyclic) bond motifs is 1. The summed E-state index contributed by atoms with van der Waals surface area (Å²) >= 11 is 5.96. The molecule has 0 aliphatic carbocycles. The first-order valence-electron chi connectivity index (χ1n) is 8.70. The van der Waals surface area contributed by atoms with Gasteiger partial charge in [-0.3, -0.25) is 9.78 Å². The van der Waals surface area contributed by atoms with Crippen molar-refractivity contribution in [2.45, 2.75) is 13.2 Å². The van der Waals surface area contributed by atoms with Gasteiger partial charge in [-0.2, -0.15) is 0 Å². The number of carbonyl (C=O) groups is 1. The van der Waals surface area contributed by atoms with Crippen LogP contribution < -0.4 is 5.32 Å². The Kier molecular flexibility index (Phi) is 5.06. The summed E-state index contributed by atoms with van der Waals surface area (Å²) in [6.07, 6.45) is 5.08. The normalized spacial score (nSPS) is 10.9. The molecule has 1 aromatic carbocycles. The van der Waals surface area contributed by atoms with Gasteiger partial charge in [0, 0.05) is 35.7 Å². The lowest BCUT2D eigenvalue weighted by Crippen LogP contribution is -2.23. The van der Waals surface area contributed by atoms with E-state index in [2.05, 4.69) is 15.3 Å². The van der Waals surface area contributed by atoms with Gasteiger partial charge in [-0.05, 0) is 35.9 Å². The minimum absolute atomic E-state index is 0.208. The number of pyridine rings is 2. The van der Waals surface area contributed by atoms with Crippen LogP contribution in [0.5, 0.6) is 0 Å². The number of hydrogen-bond acceptors (Lipinski definition) is 4. The Hall–Kier alpha value is -3.22. The van der Waals surface area contributed by atoms with Crippen LogP contribution in [0.15, 0.2) is 67.1 Å². The number of imidazole rings is 1. The minimum atomic E-state index is -0.212. The largest absolute Gasteiger partial charge is 0.390 e. The Balaban J connectivity index is 1.64. The van der Waals surface area contributed by atoms with Crippen molar-refractivity contribution >= 4 is 23.2 Å². The SMILES string of the molecule is O=C(NCc1cccnc1)c1ccc2nc(-c3ccc(Cl)cc3)c(CO)n2c1. The van der Waals surface area contributed by atoms with Gasteiger partial charge in [0.25, 0.3) is 5.91 Å². The van der Waals surface area contributed by atoms with Crippen LogP contribution in [-0.4, -0.2) is 25.4 Å². The standard InChI is InChI=1S/C21H17ClN4O2/c22-17-6-3-15(4-7-17)20-18(13-27)26-12-16(5-8-19(26)25-20)21(28)24-11-14-2-1-9-23-10-14/h1-10,12,27H,11,13H2,(H,24,28). The molecule has 0 atom stereocenters. The average Bonchev–Trinajstić information content (AvgIpc) is 3.11. The van der Waals surface area contributed by atoms with E-state index in [9.17, 15) is 9.90 Å². The lowest BCUT2D eigenvalue weighted by molar-refractivity contribution is 0.0950. The summed E-state index contributed by atoms with van der Waals surface area (Å²) in [5.74, 6) is -0.212. The number of carbonyl (C=O) groups excluding carboxylic acids is 1. The summed E-state index contributed by atoms with van der Waals surface area (Å²) in [5, 5.41) is 13.4. The fourth-order valence-corrected chi connectivity index (χ4v) is 3.13. The van der Waals surface area contributed by atoms with Gasteiger partial charge in [-0.25, -0.2) is 4.98 Å². The van der Waals surface area contributed by atoms with Gasteiger partial charge in [-0.15, -0.1) is 0 Å². The number of aliphatic hydroxyl groups excluding tert-OH is 1. The summed E-state index contributed by atoms with van der Waals surface area (Å²) in [6, 6.07) is 14.5. The van der Waals surface area contributed by atoms with Crippen LogP contribution in [0, 0.1) is 0 Å². The van der Waals surface area contributed by atoms with Crippen LogP contribution in [0.4, 0.5) is 0 Å². The van der Waals surface area contributed by atoms with Gasteiger partial charge >= 0.3 is 0 Å². The van der Waals surface area contributed by atoms with Crippen molar-refractivity contribution in [3.05, 3.63) is 89.0 Å². The van der Waals surface area contributed by atoms with Crippen molar-refractivity contribution in [2.75, 3.05) is 0 Å². The molecule has 2 N–H and O–H groups in total. The summed E-state index contributed by atoms with van der Waals surface area (Å²) < 4.78 is 1.74. The number of amides is 1.